The lowest BCUT2D eigenvalue weighted by Gasteiger charge is -2.21. The average molecular weight is 1010 g/mol. The van der Waals surface area contributed by atoms with Crippen molar-refractivity contribution >= 4 is 25.7 Å². The van der Waals surface area contributed by atoms with Crippen molar-refractivity contribution < 1.29 is 52.2 Å². The maximum Gasteiger partial charge on any atom is 0.472 e. The van der Waals surface area contributed by atoms with Gasteiger partial charge in [-0.2, -0.15) is 0 Å². The molecule has 0 aromatic heterocycles. The van der Waals surface area contributed by atoms with Gasteiger partial charge >= 0.3 is 25.7 Å². The van der Waals surface area contributed by atoms with Crippen LogP contribution in [0.4, 0.5) is 0 Å². The van der Waals surface area contributed by atoms with E-state index in [1.807, 2.05) is 0 Å². The number of esters is 3. The summed E-state index contributed by atoms with van der Waals surface area (Å²) in [4.78, 5) is 48.4. The Balaban J connectivity index is 4.75. The highest BCUT2D eigenvalue weighted by atomic mass is 31.2. The summed E-state index contributed by atoms with van der Waals surface area (Å²) in [6, 6.07) is 0. The smallest absolute Gasteiger partial charge is 0.462 e. The Hall–Kier alpha value is -3.08. The third kappa shape index (κ3) is 49.9. The molecule has 12 heteroatoms. The highest BCUT2D eigenvalue weighted by molar-refractivity contribution is 7.47. The predicted octanol–water partition coefficient (Wildman–Crippen LogP) is 16.1. The SMILES string of the molecule is CC/C=C\C/C=C\C/C=C\C/C=C\CCCCC(=O)OC(CO)COP(=O)(O)OCC(COC(=O)CCCCCCC/C=C\CCCC)OC(=O)CCCCCCCCC/C=C\CCCCCCCC. The largest absolute Gasteiger partial charge is 0.472 e. The number of ether oxygens (including phenoxy) is 3. The number of unbranched alkanes of at least 4 members (excludes halogenated alkanes) is 22. The summed E-state index contributed by atoms with van der Waals surface area (Å²) in [7, 11) is -4.76. The minimum atomic E-state index is -4.76. The normalized spacial score (nSPS) is 14.0. The van der Waals surface area contributed by atoms with Gasteiger partial charge in [0.05, 0.1) is 19.8 Å². The standard InChI is InChI=1S/C58H101O11P/c1-4-7-10-13-16-19-22-24-26-27-29-31-34-37-40-43-46-49-58(62)69-55(51-65-56(60)47-44-41-38-35-32-21-18-15-12-9-6-3)53-67-70(63,64)66-52-54(50-59)68-57(61)48-45-42-39-36-33-30-28-25-23-20-17-14-11-8-5-2/h8,11,15,17-18,20,24-26,28,33,36,54-55,59H,4-7,9-10,12-14,16,19,21-23,27,29-32,34-35,37-53H2,1-3H3,(H,63,64)/b11-8-,18-15-,20-17-,26-24-,28-25-,36-33-. The second-order valence-electron chi connectivity index (χ2n) is 18.4. The summed E-state index contributed by atoms with van der Waals surface area (Å²) in [5, 5.41) is 9.79. The van der Waals surface area contributed by atoms with Crippen LogP contribution in [0.3, 0.4) is 0 Å². The van der Waals surface area contributed by atoms with E-state index in [1.54, 1.807) is 0 Å². The van der Waals surface area contributed by atoms with Gasteiger partial charge in [0.15, 0.2) is 6.10 Å². The number of carbonyl (C=O) groups is 3. The van der Waals surface area contributed by atoms with Crippen LogP contribution in [-0.4, -0.2) is 66.5 Å². The first-order valence-corrected chi connectivity index (χ1v) is 29.3. The zero-order chi connectivity index (χ0) is 51.3. The first-order chi connectivity index (χ1) is 34.2. The number of aliphatic hydroxyl groups is 1. The number of phosphoric ester groups is 1. The van der Waals surface area contributed by atoms with Crippen molar-refractivity contribution in [2.24, 2.45) is 0 Å². The molecule has 11 nitrogen and oxygen atoms in total. The lowest BCUT2D eigenvalue weighted by atomic mass is 10.1. The Morgan fingerprint density at radius 1 is 0.414 bits per heavy atom. The zero-order valence-corrected chi connectivity index (χ0v) is 45.4. The van der Waals surface area contributed by atoms with Gasteiger partial charge in [0.2, 0.25) is 0 Å². The van der Waals surface area contributed by atoms with E-state index in [2.05, 4.69) is 93.7 Å². The van der Waals surface area contributed by atoms with Gasteiger partial charge in [0, 0.05) is 19.3 Å². The van der Waals surface area contributed by atoms with Gasteiger partial charge in [-0.25, -0.2) is 4.57 Å². The van der Waals surface area contributed by atoms with Crippen molar-refractivity contribution in [2.45, 2.75) is 251 Å². The maximum atomic E-state index is 12.9. The lowest BCUT2D eigenvalue weighted by molar-refractivity contribution is -0.161. The van der Waals surface area contributed by atoms with Crippen LogP contribution >= 0.6 is 7.82 Å². The molecular weight excluding hydrogens is 904 g/mol. The van der Waals surface area contributed by atoms with E-state index in [0.717, 1.165) is 109 Å². The van der Waals surface area contributed by atoms with E-state index in [9.17, 15) is 28.9 Å². The monoisotopic (exact) mass is 1000 g/mol. The summed E-state index contributed by atoms with van der Waals surface area (Å²) < 4.78 is 39.4. The number of carbonyl (C=O) groups excluding carboxylic acids is 3. The Kier molecular flexibility index (Phi) is 50.0. The Morgan fingerprint density at radius 3 is 1.23 bits per heavy atom. The molecule has 0 aliphatic carbocycles. The molecule has 0 spiro atoms. The summed E-state index contributed by atoms with van der Waals surface area (Å²) in [5.41, 5.74) is 0. The Labute approximate surface area is 427 Å². The third-order valence-electron chi connectivity index (χ3n) is 11.6. The molecule has 0 fully saturated rings. The second-order valence-corrected chi connectivity index (χ2v) is 19.8. The van der Waals surface area contributed by atoms with Crippen molar-refractivity contribution in [1.82, 2.24) is 0 Å². The van der Waals surface area contributed by atoms with Crippen LogP contribution in [0.2, 0.25) is 0 Å². The number of hydrogen-bond donors (Lipinski definition) is 2. The molecule has 2 N–H and O–H groups in total. The van der Waals surface area contributed by atoms with Crippen LogP contribution in [-0.2, 0) is 42.2 Å². The van der Waals surface area contributed by atoms with E-state index in [-0.39, 0.29) is 25.9 Å². The number of hydrogen-bond acceptors (Lipinski definition) is 10. The fourth-order valence-corrected chi connectivity index (χ4v) is 8.11. The van der Waals surface area contributed by atoms with Crippen molar-refractivity contribution in [1.29, 1.82) is 0 Å². The topological polar surface area (TPSA) is 155 Å². The van der Waals surface area contributed by atoms with E-state index in [0.29, 0.717) is 19.3 Å². The van der Waals surface area contributed by atoms with Crippen molar-refractivity contribution in [3.05, 3.63) is 72.9 Å². The summed E-state index contributed by atoms with van der Waals surface area (Å²) in [6.45, 7) is 4.42. The maximum absolute atomic E-state index is 12.9. The molecule has 0 aliphatic rings. The fraction of sp³-hybridized carbons (Fsp3) is 0.741. The van der Waals surface area contributed by atoms with Crippen molar-refractivity contribution in [3.8, 4) is 0 Å². The van der Waals surface area contributed by atoms with Gasteiger partial charge in [-0.05, 0) is 103 Å². The summed E-state index contributed by atoms with van der Waals surface area (Å²) in [5.74, 6) is -1.52. The molecule has 404 valence electrons. The van der Waals surface area contributed by atoms with Gasteiger partial charge < -0.3 is 24.2 Å². The van der Waals surface area contributed by atoms with Gasteiger partial charge in [-0.1, -0.05) is 190 Å². The first kappa shape index (κ1) is 66.9. The Morgan fingerprint density at radius 2 is 0.757 bits per heavy atom. The van der Waals surface area contributed by atoms with Crippen molar-refractivity contribution in [2.75, 3.05) is 26.4 Å². The molecule has 0 radical (unpaired) electrons. The van der Waals surface area contributed by atoms with Crippen LogP contribution in [0, 0.1) is 0 Å². The number of phosphoric acid groups is 1. The molecule has 70 heavy (non-hydrogen) atoms. The van der Waals surface area contributed by atoms with E-state index >= 15 is 0 Å². The van der Waals surface area contributed by atoms with Gasteiger partial charge in [-0.3, -0.25) is 23.4 Å². The second kappa shape index (κ2) is 52.2. The first-order valence-electron chi connectivity index (χ1n) is 27.8. The molecule has 0 heterocycles. The van der Waals surface area contributed by atoms with Crippen LogP contribution < -0.4 is 0 Å². The minimum Gasteiger partial charge on any atom is -0.462 e. The molecule has 0 aromatic carbocycles. The van der Waals surface area contributed by atoms with Gasteiger partial charge in [-0.15, -0.1) is 0 Å². The van der Waals surface area contributed by atoms with Crippen LogP contribution in [0.25, 0.3) is 0 Å². The highest BCUT2D eigenvalue weighted by Crippen LogP contribution is 2.43. The molecule has 0 saturated heterocycles. The number of aliphatic hydroxyl groups excluding tert-OH is 1. The number of allylic oxidation sites excluding steroid dienone is 12. The molecule has 0 aliphatic heterocycles. The minimum absolute atomic E-state index is 0.123. The molecular formula is C58H101O11P. The molecule has 0 aromatic rings. The quantitative estimate of drug-likeness (QED) is 0.0197. The average Bonchev–Trinajstić information content (AvgIpc) is 3.35. The van der Waals surface area contributed by atoms with E-state index < -0.39 is 57.8 Å². The Bertz CT molecular complexity index is 1450. The van der Waals surface area contributed by atoms with Gasteiger partial charge in [0.25, 0.3) is 0 Å². The predicted molar refractivity (Wildman–Crippen MR) is 288 cm³/mol. The molecule has 0 amide bonds. The van der Waals surface area contributed by atoms with Crippen LogP contribution in [0.15, 0.2) is 72.9 Å². The molecule has 0 saturated carbocycles. The lowest BCUT2D eigenvalue weighted by Crippen LogP contribution is -2.30. The van der Waals surface area contributed by atoms with Crippen LogP contribution in [0.1, 0.15) is 239 Å². The van der Waals surface area contributed by atoms with Gasteiger partial charge in [0.1, 0.15) is 12.7 Å². The van der Waals surface area contributed by atoms with E-state index in [1.165, 1.54) is 70.6 Å². The van der Waals surface area contributed by atoms with Crippen molar-refractivity contribution in [3.63, 3.8) is 0 Å². The van der Waals surface area contributed by atoms with E-state index in [4.69, 9.17) is 23.3 Å². The summed E-state index contributed by atoms with van der Waals surface area (Å²) >= 11 is 0. The zero-order valence-electron chi connectivity index (χ0n) is 44.5. The molecule has 0 rings (SSSR count). The third-order valence-corrected chi connectivity index (χ3v) is 12.5. The highest BCUT2D eigenvalue weighted by Gasteiger charge is 2.28. The molecule has 3 atom stereocenters. The molecule has 0 bridgehead atoms. The number of rotatable bonds is 51. The fourth-order valence-electron chi connectivity index (χ4n) is 7.32. The molecule has 3 unspecified atom stereocenters. The summed E-state index contributed by atoms with van der Waals surface area (Å²) in [6.07, 6.45) is 57.3. The van der Waals surface area contributed by atoms with Crippen LogP contribution in [0.5, 0.6) is 0 Å².